The molecule has 0 aromatic heterocycles. The van der Waals surface area contributed by atoms with E-state index in [1.807, 2.05) is 6.07 Å². The molecule has 0 spiro atoms. The van der Waals surface area contributed by atoms with Crippen LogP contribution in [0.3, 0.4) is 0 Å². The average Bonchev–Trinajstić information content (AvgIpc) is 2.90. The highest BCUT2D eigenvalue weighted by atomic mass is 79.9. The van der Waals surface area contributed by atoms with Crippen molar-refractivity contribution in [2.45, 2.75) is 18.3 Å². The number of aliphatic carboxylic acids is 1. The Labute approximate surface area is 100 Å². The average molecular weight is 285 g/mol. The van der Waals surface area contributed by atoms with E-state index in [4.69, 9.17) is 9.47 Å². The maximum atomic E-state index is 11.3. The number of hydrogen-bond acceptors (Lipinski definition) is 3. The van der Waals surface area contributed by atoms with E-state index in [0.717, 1.165) is 10.0 Å². The maximum absolute atomic E-state index is 11.3. The van der Waals surface area contributed by atoms with Gasteiger partial charge in [0.25, 0.3) is 0 Å². The van der Waals surface area contributed by atoms with Crippen molar-refractivity contribution >= 4 is 21.9 Å². The van der Waals surface area contributed by atoms with Gasteiger partial charge in [0.2, 0.25) is 6.79 Å². The number of halogens is 1. The van der Waals surface area contributed by atoms with E-state index in [2.05, 4.69) is 15.9 Å². The van der Waals surface area contributed by atoms with Crippen LogP contribution in [0.2, 0.25) is 0 Å². The molecule has 0 radical (unpaired) electrons. The van der Waals surface area contributed by atoms with Crippen molar-refractivity contribution in [2.24, 2.45) is 0 Å². The lowest BCUT2D eigenvalue weighted by molar-refractivity contribution is -0.140. The molecule has 1 aliphatic carbocycles. The van der Waals surface area contributed by atoms with Crippen LogP contribution in [0.15, 0.2) is 16.6 Å². The number of ether oxygens (including phenoxy) is 2. The zero-order valence-electron chi connectivity index (χ0n) is 8.33. The predicted octanol–water partition coefficient (Wildman–Crippen LogP) is 2.29. The first-order valence-corrected chi connectivity index (χ1v) is 5.76. The molecule has 0 amide bonds. The van der Waals surface area contributed by atoms with Crippen LogP contribution in [0.25, 0.3) is 0 Å². The summed E-state index contributed by atoms with van der Waals surface area (Å²) in [7, 11) is 0. The van der Waals surface area contributed by atoms with Crippen LogP contribution >= 0.6 is 15.9 Å². The Morgan fingerprint density at radius 3 is 2.75 bits per heavy atom. The van der Waals surface area contributed by atoms with Gasteiger partial charge in [-0.2, -0.15) is 0 Å². The summed E-state index contributed by atoms with van der Waals surface area (Å²) in [6, 6.07) is 3.60. The largest absolute Gasteiger partial charge is 0.481 e. The molecule has 0 bridgehead atoms. The van der Waals surface area contributed by atoms with E-state index in [0.29, 0.717) is 24.3 Å². The van der Waals surface area contributed by atoms with Crippen LogP contribution in [-0.4, -0.2) is 17.9 Å². The first-order valence-electron chi connectivity index (χ1n) is 4.97. The van der Waals surface area contributed by atoms with Crippen LogP contribution in [0.4, 0.5) is 0 Å². The topological polar surface area (TPSA) is 55.8 Å². The highest BCUT2D eigenvalue weighted by Crippen LogP contribution is 2.56. The smallest absolute Gasteiger partial charge is 0.314 e. The molecule has 5 heteroatoms. The number of carboxylic acids is 1. The van der Waals surface area contributed by atoms with Gasteiger partial charge in [-0.15, -0.1) is 0 Å². The molecule has 0 unspecified atom stereocenters. The van der Waals surface area contributed by atoms with Crippen molar-refractivity contribution in [3.63, 3.8) is 0 Å². The van der Waals surface area contributed by atoms with Crippen LogP contribution in [0.1, 0.15) is 18.4 Å². The molecule has 2 aliphatic rings. The van der Waals surface area contributed by atoms with Crippen LogP contribution in [-0.2, 0) is 10.2 Å². The Kier molecular flexibility index (Phi) is 1.95. The summed E-state index contributed by atoms with van der Waals surface area (Å²) >= 11 is 3.40. The fourth-order valence-corrected chi connectivity index (χ4v) is 2.78. The Morgan fingerprint density at radius 1 is 1.38 bits per heavy atom. The Morgan fingerprint density at radius 2 is 2.12 bits per heavy atom. The molecular weight excluding hydrogens is 276 g/mol. The SMILES string of the molecule is O=C(O)C1(c2c(Br)ccc3c2OCO3)CC1. The number of rotatable bonds is 2. The first-order chi connectivity index (χ1) is 7.65. The lowest BCUT2D eigenvalue weighted by Gasteiger charge is -2.14. The molecule has 0 saturated heterocycles. The van der Waals surface area contributed by atoms with Crippen LogP contribution in [0.5, 0.6) is 11.5 Å². The molecule has 1 heterocycles. The molecule has 0 atom stereocenters. The van der Waals surface area contributed by atoms with Crippen molar-refractivity contribution in [3.05, 3.63) is 22.2 Å². The minimum absolute atomic E-state index is 0.161. The van der Waals surface area contributed by atoms with Gasteiger partial charge >= 0.3 is 5.97 Å². The molecule has 1 N–H and O–H groups in total. The summed E-state index contributed by atoms with van der Waals surface area (Å²) < 4.78 is 11.4. The van der Waals surface area contributed by atoms with Crippen molar-refractivity contribution in [3.8, 4) is 11.5 Å². The minimum atomic E-state index is -0.794. The van der Waals surface area contributed by atoms with Crippen LogP contribution < -0.4 is 9.47 Å². The van der Waals surface area contributed by atoms with Gasteiger partial charge in [-0.3, -0.25) is 4.79 Å². The highest BCUT2D eigenvalue weighted by molar-refractivity contribution is 9.10. The second-order valence-electron chi connectivity index (χ2n) is 4.04. The zero-order chi connectivity index (χ0) is 11.3. The monoisotopic (exact) mass is 284 g/mol. The van der Waals surface area contributed by atoms with E-state index in [1.54, 1.807) is 6.07 Å². The molecular formula is C11H9BrO4. The maximum Gasteiger partial charge on any atom is 0.314 e. The van der Waals surface area contributed by atoms with E-state index < -0.39 is 11.4 Å². The normalized spacial score (nSPS) is 19.6. The third kappa shape index (κ3) is 1.18. The Balaban J connectivity index is 2.21. The minimum Gasteiger partial charge on any atom is -0.481 e. The van der Waals surface area contributed by atoms with E-state index in [9.17, 15) is 9.90 Å². The van der Waals surface area contributed by atoms with Crippen molar-refractivity contribution in [1.29, 1.82) is 0 Å². The molecule has 3 rings (SSSR count). The van der Waals surface area contributed by atoms with E-state index in [-0.39, 0.29) is 6.79 Å². The predicted molar refractivity (Wildman–Crippen MR) is 58.8 cm³/mol. The lowest BCUT2D eigenvalue weighted by atomic mass is 9.95. The molecule has 1 aromatic carbocycles. The summed E-state index contributed by atoms with van der Waals surface area (Å²) in [5.41, 5.74) is -0.0623. The van der Waals surface area contributed by atoms with Crippen LogP contribution in [0, 0.1) is 0 Å². The molecule has 1 saturated carbocycles. The number of carboxylic acid groups (broad SMARTS) is 1. The lowest BCUT2D eigenvalue weighted by Crippen LogP contribution is -2.20. The summed E-state index contributed by atoms with van der Waals surface area (Å²) in [4.78, 5) is 11.3. The second kappa shape index (κ2) is 3.13. The van der Waals surface area contributed by atoms with Crippen molar-refractivity contribution < 1.29 is 19.4 Å². The number of fused-ring (bicyclic) bond motifs is 1. The van der Waals surface area contributed by atoms with Gasteiger partial charge in [0, 0.05) is 10.0 Å². The highest BCUT2D eigenvalue weighted by Gasteiger charge is 2.55. The Hall–Kier alpha value is -1.23. The summed E-state index contributed by atoms with van der Waals surface area (Å²) in [5, 5.41) is 9.30. The summed E-state index contributed by atoms with van der Waals surface area (Å²) in [6.45, 7) is 0.161. The summed E-state index contributed by atoms with van der Waals surface area (Å²) in [5.74, 6) is 0.414. The number of benzene rings is 1. The van der Waals surface area contributed by atoms with Gasteiger partial charge in [-0.05, 0) is 25.0 Å². The fraction of sp³-hybridized carbons (Fsp3) is 0.364. The third-order valence-corrected chi connectivity index (χ3v) is 3.79. The Bertz CT molecular complexity index is 479. The van der Waals surface area contributed by atoms with Gasteiger partial charge in [0.05, 0.1) is 5.41 Å². The molecule has 84 valence electrons. The fourth-order valence-electron chi connectivity index (χ4n) is 2.09. The quantitative estimate of drug-likeness (QED) is 0.905. The molecule has 1 aliphatic heterocycles. The molecule has 16 heavy (non-hydrogen) atoms. The third-order valence-electron chi connectivity index (χ3n) is 3.13. The summed E-state index contributed by atoms with van der Waals surface area (Å²) in [6.07, 6.45) is 1.31. The van der Waals surface area contributed by atoms with Gasteiger partial charge in [-0.1, -0.05) is 15.9 Å². The van der Waals surface area contributed by atoms with Gasteiger partial charge in [0.15, 0.2) is 11.5 Å². The van der Waals surface area contributed by atoms with Crippen molar-refractivity contribution in [2.75, 3.05) is 6.79 Å². The van der Waals surface area contributed by atoms with Crippen molar-refractivity contribution in [1.82, 2.24) is 0 Å². The first kappa shape index (κ1) is 9.96. The molecule has 1 fully saturated rings. The van der Waals surface area contributed by atoms with Gasteiger partial charge < -0.3 is 14.6 Å². The molecule has 4 nitrogen and oxygen atoms in total. The number of hydrogen-bond donors (Lipinski definition) is 1. The van der Waals surface area contributed by atoms with E-state index in [1.165, 1.54) is 0 Å². The number of carbonyl (C=O) groups is 1. The standard InChI is InChI=1S/C11H9BrO4/c12-6-1-2-7-9(16-5-15-7)8(6)11(3-4-11)10(13)14/h1-2H,3-5H2,(H,13,14). The second-order valence-corrected chi connectivity index (χ2v) is 4.90. The van der Waals surface area contributed by atoms with Gasteiger partial charge in [0.1, 0.15) is 0 Å². The molecule has 1 aromatic rings. The van der Waals surface area contributed by atoms with Gasteiger partial charge in [-0.25, -0.2) is 0 Å². The van der Waals surface area contributed by atoms with E-state index >= 15 is 0 Å². The zero-order valence-corrected chi connectivity index (χ0v) is 9.91.